The number of oxime groups is 1. The molecule has 0 aromatic carbocycles. The number of nitrogens with two attached hydrogens (primary N) is 2. The molecule has 100 valence electrons. The molecule has 0 spiro atoms. The molecule has 11 heteroatoms. The standard InChI is InChI=1S/C6H15N4O6P/c7-6(8)10-16-2-1-4(5(11)12)9-3-17(13,14)15/h4,9H,1-3H2,(H,11,12)(H4,7,8,10)(H2,13,14,15). The van der Waals surface area contributed by atoms with Gasteiger partial charge >= 0.3 is 13.6 Å². The molecule has 8 N–H and O–H groups in total. The minimum absolute atomic E-state index is 0.0495. The SMILES string of the molecule is NC(N)=NOCCC(NCP(=O)(O)O)C(=O)O. The smallest absolute Gasteiger partial charge is 0.339 e. The van der Waals surface area contributed by atoms with Gasteiger partial charge in [-0.3, -0.25) is 14.7 Å². The number of carboxylic acids is 1. The maximum Gasteiger partial charge on any atom is 0.339 e. The molecular weight excluding hydrogens is 255 g/mol. The van der Waals surface area contributed by atoms with Gasteiger partial charge < -0.3 is 31.2 Å². The van der Waals surface area contributed by atoms with E-state index in [0.29, 0.717) is 0 Å². The Morgan fingerprint density at radius 3 is 2.47 bits per heavy atom. The van der Waals surface area contributed by atoms with Crippen LogP contribution in [0.2, 0.25) is 0 Å². The summed E-state index contributed by atoms with van der Waals surface area (Å²) in [7, 11) is -4.30. The Hall–Kier alpha value is -1.35. The average molecular weight is 270 g/mol. The van der Waals surface area contributed by atoms with Crippen LogP contribution in [0.5, 0.6) is 0 Å². The Labute approximate surface area is 96.8 Å². The Bertz CT molecular complexity index is 324. The van der Waals surface area contributed by atoms with Crippen LogP contribution in [0, 0.1) is 0 Å². The zero-order valence-corrected chi connectivity index (χ0v) is 9.71. The van der Waals surface area contributed by atoms with Gasteiger partial charge in [-0.15, -0.1) is 0 Å². The average Bonchev–Trinajstić information content (AvgIpc) is 2.13. The van der Waals surface area contributed by atoms with Crippen molar-refractivity contribution in [2.24, 2.45) is 16.6 Å². The molecular formula is C6H15N4O6P. The zero-order valence-electron chi connectivity index (χ0n) is 8.81. The lowest BCUT2D eigenvalue weighted by Crippen LogP contribution is -2.38. The Kier molecular flexibility index (Phi) is 6.51. The van der Waals surface area contributed by atoms with E-state index in [4.69, 9.17) is 26.4 Å². The van der Waals surface area contributed by atoms with Gasteiger partial charge in [-0.1, -0.05) is 0 Å². The van der Waals surface area contributed by atoms with Crippen LogP contribution < -0.4 is 16.8 Å². The van der Waals surface area contributed by atoms with Gasteiger partial charge in [-0.05, 0) is 5.16 Å². The van der Waals surface area contributed by atoms with E-state index >= 15 is 0 Å². The van der Waals surface area contributed by atoms with Gasteiger partial charge in [0.15, 0.2) is 0 Å². The highest BCUT2D eigenvalue weighted by molar-refractivity contribution is 7.51. The monoisotopic (exact) mass is 270 g/mol. The largest absolute Gasteiger partial charge is 0.480 e. The third-order valence-electron chi connectivity index (χ3n) is 1.51. The van der Waals surface area contributed by atoms with E-state index in [1.807, 2.05) is 0 Å². The highest BCUT2D eigenvalue weighted by atomic mass is 31.2. The topological polar surface area (TPSA) is 180 Å². The lowest BCUT2D eigenvalue weighted by atomic mass is 10.2. The van der Waals surface area contributed by atoms with Crippen LogP contribution in [0.25, 0.3) is 0 Å². The lowest BCUT2D eigenvalue weighted by Gasteiger charge is -2.14. The van der Waals surface area contributed by atoms with Crippen molar-refractivity contribution in [1.29, 1.82) is 0 Å². The minimum Gasteiger partial charge on any atom is -0.480 e. The fourth-order valence-electron chi connectivity index (χ4n) is 0.833. The molecule has 0 aromatic rings. The molecule has 0 amide bonds. The molecule has 0 fully saturated rings. The summed E-state index contributed by atoms with van der Waals surface area (Å²) in [6.45, 7) is -0.108. The predicted octanol–water partition coefficient (Wildman–Crippen LogP) is -2.24. The first-order chi connectivity index (χ1) is 7.72. The highest BCUT2D eigenvalue weighted by Crippen LogP contribution is 2.32. The van der Waals surface area contributed by atoms with Gasteiger partial charge in [0.2, 0.25) is 5.96 Å². The fraction of sp³-hybridized carbons (Fsp3) is 0.667. The third-order valence-corrected chi connectivity index (χ3v) is 2.10. The molecule has 10 nitrogen and oxygen atoms in total. The van der Waals surface area contributed by atoms with E-state index in [1.54, 1.807) is 0 Å². The molecule has 0 aliphatic rings. The van der Waals surface area contributed by atoms with Crippen LogP contribution in [0.3, 0.4) is 0 Å². The summed E-state index contributed by atoms with van der Waals surface area (Å²) in [6.07, 6.45) is -0.779. The number of aliphatic carboxylic acids is 1. The van der Waals surface area contributed by atoms with E-state index in [9.17, 15) is 9.36 Å². The summed E-state index contributed by atoms with van der Waals surface area (Å²) in [6, 6.07) is -1.16. The predicted molar refractivity (Wildman–Crippen MR) is 57.8 cm³/mol. The molecule has 17 heavy (non-hydrogen) atoms. The van der Waals surface area contributed by atoms with E-state index in [-0.39, 0.29) is 19.0 Å². The van der Waals surface area contributed by atoms with E-state index in [2.05, 4.69) is 15.3 Å². The number of nitrogens with zero attached hydrogens (tertiary/aromatic N) is 1. The number of guanidine groups is 1. The van der Waals surface area contributed by atoms with Crippen molar-refractivity contribution in [3.05, 3.63) is 0 Å². The Morgan fingerprint density at radius 1 is 1.47 bits per heavy atom. The van der Waals surface area contributed by atoms with Crippen LogP contribution in [-0.2, 0) is 14.2 Å². The van der Waals surface area contributed by atoms with Crippen molar-refractivity contribution in [3.63, 3.8) is 0 Å². The Morgan fingerprint density at radius 2 is 2.06 bits per heavy atom. The van der Waals surface area contributed by atoms with Crippen LogP contribution in [-0.4, -0.2) is 45.8 Å². The molecule has 0 saturated carbocycles. The minimum atomic E-state index is -4.30. The second kappa shape index (κ2) is 7.07. The summed E-state index contributed by atoms with van der Waals surface area (Å²) < 4.78 is 10.5. The lowest BCUT2D eigenvalue weighted by molar-refractivity contribution is -0.139. The van der Waals surface area contributed by atoms with Crippen LogP contribution in [0.15, 0.2) is 5.16 Å². The number of nitrogens with one attached hydrogen (secondary N) is 1. The summed E-state index contributed by atoms with van der Waals surface area (Å²) in [4.78, 5) is 32.4. The van der Waals surface area contributed by atoms with Crippen molar-refractivity contribution >= 4 is 19.5 Å². The number of rotatable bonds is 8. The van der Waals surface area contributed by atoms with Gasteiger partial charge in [0.05, 0.1) is 6.29 Å². The molecule has 0 aromatic heterocycles. The highest BCUT2D eigenvalue weighted by Gasteiger charge is 2.21. The van der Waals surface area contributed by atoms with E-state index < -0.39 is 25.9 Å². The maximum absolute atomic E-state index is 10.7. The first kappa shape index (κ1) is 15.7. The summed E-state index contributed by atoms with van der Waals surface area (Å²) in [5.74, 6) is -1.56. The van der Waals surface area contributed by atoms with E-state index in [1.165, 1.54) is 0 Å². The van der Waals surface area contributed by atoms with Gasteiger partial charge in [0, 0.05) is 6.42 Å². The number of carboxylic acid groups (broad SMARTS) is 1. The molecule has 0 saturated heterocycles. The van der Waals surface area contributed by atoms with Gasteiger partial charge in [-0.2, -0.15) is 0 Å². The molecule has 0 radical (unpaired) electrons. The van der Waals surface area contributed by atoms with Crippen LogP contribution >= 0.6 is 7.60 Å². The molecule has 0 bridgehead atoms. The van der Waals surface area contributed by atoms with Crippen molar-refractivity contribution in [2.45, 2.75) is 12.5 Å². The second-order valence-electron chi connectivity index (χ2n) is 3.06. The summed E-state index contributed by atoms with van der Waals surface area (Å²) in [5.41, 5.74) is 9.91. The van der Waals surface area contributed by atoms with Crippen molar-refractivity contribution in [2.75, 3.05) is 12.9 Å². The summed E-state index contributed by atoms with van der Waals surface area (Å²) in [5, 5.41) is 14.1. The molecule has 0 heterocycles. The second-order valence-corrected chi connectivity index (χ2v) is 4.70. The van der Waals surface area contributed by atoms with Gasteiger partial charge in [0.25, 0.3) is 0 Å². The van der Waals surface area contributed by atoms with Crippen molar-refractivity contribution in [1.82, 2.24) is 5.32 Å². The first-order valence-corrected chi connectivity index (χ1v) is 6.24. The van der Waals surface area contributed by atoms with Crippen molar-refractivity contribution < 1.29 is 29.1 Å². The zero-order chi connectivity index (χ0) is 13.5. The first-order valence-electron chi connectivity index (χ1n) is 4.44. The molecule has 0 aliphatic heterocycles. The van der Waals surface area contributed by atoms with Crippen LogP contribution in [0.4, 0.5) is 0 Å². The normalized spacial score (nSPS) is 12.8. The molecule has 0 aliphatic carbocycles. The Balaban J connectivity index is 4.04. The van der Waals surface area contributed by atoms with Gasteiger partial charge in [0.1, 0.15) is 12.6 Å². The quantitative estimate of drug-likeness (QED) is 0.0933. The van der Waals surface area contributed by atoms with Gasteiger partial charge in [-0.25, -0.2) is 0 Å². The third kappa shape index (κ3) is 9.57. The number of hydrogen-bond donors (Lipinski definition) is 6. The summed E-state index contributed by atoms with van der Waals surface area (Å²) >= 11 is 0. The molecule has 1 atom stereocenters. The number of hydrogen-bond acceptors (Lipinski definition) is 5. The molecule has 1 unspecified atom stereocenters. The fourth-order valence-corrected chi connectivity index (χ4v) is 1.29. The number of carbonyl (C=O) groups is 1. The molecule has 0 rings (SSSR count). The van der Waals surface area contributed by atoms with Crippen molar-refractivity contribution in [3.8, 4) is 0 Å². The van der Waals surface area contributed by atoms with Crippen LogP contribution in [0.1, 0.15) is 6.42 Å². The van der Waals surface area contributed by atoms with E-state index in [0.717, 1.165) is 0 Å². The maximum atomic E-state index is 10.7.